The van der Waals surface area contributed by atoms with Gasteiger partial charge in [-0.3, -0.25) is 0 Å². The van der Waals surface area contributed by atoms with Crippen molar-refractivity contribution >= 4 is 0 Å². The van der Waals surface area contributed by atoms with Crippen LogP contribution in [0.3, 0.4) is 0 Å². The molecule has 1 rings (SSSR count). The Balaban J connectivity index is 0.00000121. The lowest BCUT2D eigenvalue weighted by Gasteiger charge is -2.41. The summed E-state index contributed by atoms with van der Waals surface area (Å²) in [6, 6.07) is -0.592. The quantitative estimate of drug-likeness (QED) is 0.434. The van der Waals surface area contributed by atoms with Crippen LogP contribution in [0, 0.1) is 0 Å². The highest BCUT2D eigenvalue weighted by atomic mass is 16.5. The zero-order valence-electron chi connectivity index (χ0n) is 10.6. The number of aliphatic hydroxyl groups excluding tert-OH is 3. The van der Waals surface area contributed by atoms with Crippen LogP contribution in [0.15, 0.2) is 12.4 Å². The van der Waals surface area contributed by atoms with Gasteiger partial charge in [-0.1, -0.05) is 13.8 Å². The number of ether oxygens (including phenoxy) is 1. The van der Waals surface area contributed by atoms with Gasteiger partial charge in [0.05, 0.1) is 18.8 Å². The molecule has 0 aromatic heterocycles. The minimum absolute atomic E-state index is 0.289. The SMILES string of the molecule is CC.CC1OC(CO)C(O)C(N/C=C\N)C1O. The number of nitrogens with one attached hydrogen (secondary N) is 1. The zero-order valence-corrected chi connectivity index (χ0v) is 10.6. The largest absolute Gasteiger partial charge is 0.403 e. The standard InChI is InChI=1S/C9H18N2O4.C2H6/c1-5-8(13)7(11-3-2-10)9(14)6(4-12)15-5;1-2/h2-3,5-9,11-14H,4,10H2,1H3;1-2H3/b3-2-;. The highest BCUT2D eigenvalue weighted by molar-refractivity contribution is 4.97. The van der Waals surface area contributed by atoms with Gasteiger partial charge < -0.3 is 31.1 Å². The number of hydrogen-bond acceptors (Lipinski definition) is 6. The van der Waals surface area contributed by atoms with E-state index in [1.807, 2.05) is 13.8 Å². The van der Waals surface area contributed by atoms with Gasteiger partial charge in [0.25, 0.3) is 0 Å². The number of hydrogen-bond donors (Lipinski definition) is 5. The van der Waals surface area contributed by atoms with Crippen molar-refractivity contribution < 1.29 is 20.1 Å². The van der Waals surface area contributed by atoms with Gasteiger partial charge in [-0.25, -0.2) is 0 Å². The lowest BCUT2D eigenvalue weighted by Crippen LogP contribution is -2.62. The van der Waals surface area contributed by atoms with E-state index in [9.17, 15) is 10.2 Å². The second-order valence-electron chi connectivity index (χ2n) is 3.59. The van der Waals surface area contributed by atoms with Gasteiger partial charge in [-0.05, 0) is 6.92 Å². The molecule has 5 atom stereocenters. The molecule has 17 heavy (non-hydrogen) atoms. The average molecular weight is 248 g/mol. The molecule has 6 nitrogen and oxygen atoms in total. The van der Waals surface area contributed by atoms with Crippen LogP contribution in [0.1, 0.15) is 20.8 Å². The van der Waals surface area contributed by atoms with E-state index in [1.165, 1.54) is 12.4 Å². The number of nitrogens with two attached hydrogens (primary N) is 1. The van der Waals surface area contributed by atoms with E-state index in [-0.39, 0.29) is 6.61 Å². The van der Waals surface area contributed by atoms with Gasteiger partial charge in [0.1, 0.15) is 18.3 Å². The molecule has 0 amide bonds. The van der Waals surface area contributed by atoms with E-state index in [1.54, 1.807) is 6.92 Å². The summed E-state index contributed by atoms with van der Waals surface area (Å²) in [5.74, 6) is 0. The molecule has 6 N–H and O–H groups in total. The summed E-state index contributed by atoms with van der Waals surface area (Å²) in [4.78, 5) is 0. The molecule has 1 aliphatic rings. The lowest BCUT2D eigenvalue weighted by molar-refractivity contribution is -0.186. The Bertz CT molecular complexity index is 226. The molecule has 1 heterocycles. The molecular formula is C11H24N2O4. The summed E-state index contributed by atoms with van der Waals surface area (Å²) in [6.07, 6.45) is -0.255. The summed E-state index contributed by atoms with van der Waals surface area (Å²) < 4.78 is 5.22. The molecule has 6 heteroatoms. The van der Waals surface area contributed by atoms with E-state index >= 15 is 0 Å². The van der Waals surface area contributed by atoms with Gasteiger partial charge in [0.15, 0.2) is 0 Å². The summed E-state index contributed by atoms with van der Waals surface area (Å²) >= 11 is 0. The maximum Gasteiger partial charge on any atom is 0.109 e. The van der Waals surface area contributed by atoms with Crippen molar-refractivity contribution in [3.63, 3.8) is 0 Å². The van der Waals surface area contributed by atoms with Gasteiger partial charge in [0, 0.05) is 12.4 Å². The molecule has 0 aromatic rings. The molecule has 1 fully saturated rings. The Morgan fingerprint density at radius 2 is 1.88 bits per heavy atom. The van der Waals surface area contributed by atoms with E-state index in [0.29, 0.717) is 0 Å². The first-order valence-electron chi connectivity index (χ1n) is 5.87. The van der Waals surface area contributed by atoms with Crippen molar-refractivity contribution in [3.8, 4) is 0 Å². The molecule has 0 aromatic carbocycles. The third kappa shape index (κ3) is 4.16. The van der Waals surface area contributed by atoms with Crippen molar-refractivity contribution in [1.29, 1.82) is 0 Å². The van der Waals surface area contributed by atoms with E-state index < -0.39 is 30.5 Å². The average Bonchev–Trinajstić information content (AvgIpc) is 2.36. The molecule has 1 saturated heterocycles. The van der Waals surface area contributed by atoms with Crippen LogP contribution < -0.4 is 11.1 Å². The predicted molar refractivity (Wildman–Crippen MR) is 65.0 cm³/mol. The van der Waals surface area contributed by atoms with E-state index in [4.69, 9.17) is 15.6 Å². The Hall–Kier alpha value is -0.820. The van der Waals surface area contributed by atoms with Crippen LogP contribution in [0.25, 0.3) is 0 Å². The minimum Gasteiger partial charge on any atom is -0.403 e. The Labute approximate surface area is 102 Å². The fourth-order valence-electron chi connectivity index (χ4n) is 1.68. The van der Waals surface area contributed by atoms with Crippen molar-refractivity contribution in [2.24, 2.45) is 5.73 Å². The Kier molecular flexibility index (Phi) is 7.90. The normalized spacial score (nSPS) is 37.4. The molecule has 0 aliphatic carbocycles. The van der Waals surface area contributed by atoms with Crippen LogP contribution in [0.5, 0.6) is 0 Å². The van der Waals surface area contributed by atoms with Crippen molar-refractivity contribution in [1.82, 2.24) is 5.32 Å². The highest BCUT2D eigenvalue weighted by Crippen LogP contribution is 2.20. The second-order valence-corrected chi connectivity index (χ2v) is 3.59. The summed E-state index contributed by atoms with van der Waals surface area (Å²) in [5.41, 5.74) is 5.15. The van der Waals surface area contributed by atoms with Gasteiger partial charge in [-0.15, -0.1) is 0 Å². The first-order chi connectivity index (χ1) is 8.11. The highest BCUT2D eigenvalue weighted by Gasteiger charge is 2.41. The number of aliphatic hydroxyl groups is 3. The molecule has 0 bridgehead atoms. The molecule has 0 radical (unpaired) electrons. The minimum atomic E-state index is -0.975. The summed E-state index contributed by atoms with van der Waals surface area (Å²) in [5, 5.41) is 31.2. The van der Waals surface area contributed by atoms with Gasteiger partial charge in [-0.2, -0.15) is 0 Å². The molecule has 102 valence electrons. The first-order valence-corrected chi connectivity index (χ1v) is 5.87. The second kappa shape index (κ2) is 8.30. The Morgan fingerprint density at radius 3 is 2.35 bits per heavy atom. The first kappa shape index (κ1) is 16.2. The van der Waals surface area contributed by atoms with Crippen LogP contribution in [-0.4, -0.2) is 52.4 Å². The van der Waals surface area contributed by atoms with Crippen LogP contribution in [-0.2, 0) is 4.74 Å². The predicted octanol–water partition coefficient (Wildman–Crippen LogP) is -1.10. The van der Waals surface area contributed by atoms with Crippen molar-refractivity contribution in [3.05, 3.63) is 12.4 Å². The van der Waals surface area contributed by atoms with E-state index in [2.05, 4.69) is 5.32 Å². The zero-order chi connectivity index (χ0) is 13.4. The van der Waals surface area contributed by atoms with Crippen LogP contribution in [0.4, 0.5) is 0 Å². The van der Waals surface area contributed by atoms with Crippen molar-refractivity contribution in [2.75, 3.05) is 6.61 Å². The molecule has 5 unspecified atom stereocenters. The summed E-state index contributed by atoms with van der Waals surface area (Å²) in [7, 11) is 0. The van der Waals surface area contributed by atoms with Crippen LogP contribution >= 0.6 is 0 Å². The summed E-state index contributed by atoms with van der Waals surface area (Å²) in [6.45, 7) is 5.39. The molecule has 1 aliphatic heterocycles. The monoisotopic (exact) mass is 248 g/mol. The smallest absolute Gasteiger partial charge is 0.109 e. The van der Waals surface area contributed by atoms with E-state index in [0.717, 1.165) is 0 Å². The maximum atomic E-state index is 9.76. The van der Waals surface area contributed by atoms with Gasteiger partial charge >= 0.3 is 0 Å². The lowest BCUT2D eigenvalue weighted by atomic mass is 9.93. The fourth-order valence-corrected chi connectivity index (χ4v) is 1.68. The third-order valence-corrected chi connectivity index (χ3v) is 2.55. The fraction of sp³-hybridized carbons (Fsp3) is 0.818. The molecule has 0 saturated carbocycles. The maximum absolute atomic E-state index is 9.76. The Morgan fingerprint density at radius 1 is 1.29 bits per heavy atom. The van der Waals surface area contributed by atoms with Gasteiger partial charge in [0.2, 0.25) is 0 Å². The van der Waals surface area contributed by atoms with Crippen LogP contribution in [0.2, 0.25) is 0 Å². The number of rotatable bonds is 3. The topological polar surface area (TPSA) is 108 Å². The molecular weight excluding hydrogens is 224 g/mol. The molecule has 0 spiro atoms. The van der Waals surface area contributed by atoms with Crippen molar-refractivity contribution in [2.45, 2.75) is 51.2 Å². The third-order valence-electron chi connectivity index (χ3n) is 2.55.